The number of rotatable bonds is 8. The summed E-state index contributed by atoms with van der Waals surface area (Å²) >= 11 is 0. The molecule has 0 bridgehead atoms. The molecule has 162 valence electrons. The SMILES string of the molecule is CCC(C(=O)O)[C@@H]1CCc2cc(OCCc3oc(-c4ccc(C)cc4)nc3C)ccc21. The zero-order chi connectivity index (χ0) is 22.0. The van der Waals surface area contributed by atoms with Crippen LogP contribution in [0.1, 0.15) is 53.8 Å². The first kappa shape index (κ1) is 21.2. The standard InChI is InChI=1S/C26H29NO4/c1-4-21(26(28)29)23-11-9-19-15-20(10-12-22(19)23)30-14-13-24-17(3)27-25(31-24)18-7-5-16(2)6-8-18/h5-8,10,12,15,21,23H,4,9,11,13-14H2,1-3H3,(H,28,29)/t21?,23-/m0/s1. The second kappa shape index (κ2) is 8.96. The number of ether oxygens (including phenoxy) is 1. The number of oxazole rings is 1. The van der Waals surface area contributed by atoms with E-state index in [9.17, 15) is 9.90 Å². The highest BCUT2D eigenvalue weighted by Gasteiger charge is 2.33. The lowest BCUT2D eigenvalue weighted by Crippen LogP contribution is -2.19. The van der Waals surface area contributed by atoms with E-state index in [1.54, 1.807) is 0 Å². The van der Waals surface area contributed by atoms with Crippen molar-refractivity contribution < 1.29 is 19.1 Å². The van der Waals surface area contributed by atoms with Crippen LogP contribution in [0.25, 0.3) is 11.5 Å². The van der Waals surface area contributed by atoms with Gasteiger partial charge >= 0.3 is 5.97 Å². The molecule has 0 saturated carbocycles. The fourth-order valence-corrected chi connectivity index (χ4v) is 4.51. The van der Waals surface area contributed by atoms with Gasteiger partial charge in [-0.2, -0.15) is 0 Å². The van der Waals surface area contributed by atoms with E-state index in [0.29, 0.717) is 25.3 Å². The van der Waals surface area contributed by atoms with Gasteiger partial charge in [0, 0.05) is 12.0 Å². The quantitative estimate of drug-likeness (QED) is 0.505. The van der Waals surface area contributed by atoms with Crippen molar-refractivity contribution in [2.24, 2.45) is 5.92 Å². The van der Waals surface area contributed by atoms with E-state index in [2.05, 4.69) is 30.1 Å². The van der Waals surface area contributed by atoms with Crippen LogP contribution in [0, 0.1) is 19.8 Å². The third-order valence-electron chi connectivity index (χ3n) is 6.27. The van der Waals surface area contributed by atoms with Crippen molar-refractivity contribution in [1.29, 1.82) is 0 Å². The van der Waals surface area contributed by atoms with E-state index in [1.165, 1.54) is 11.1 Å². The van der Waals surface area contributed by atoms with Gasteiger partial charge in [-0.05, 0) is 74.4 Å². The minimum absolute atomic E-state index is 0.101. The molecule has 1 aromatic heterocycles. The smallest absolute Gasteiger partial charge is 0.307 e. The van der Waals surface area contributed by atoms with Gasteiger partial charge in [0.1, 0.15) is 11.5 Å². The van der Waals surface area contributed by atoms with E-state index in [1.807, 2.05) is 38.1 Å². The highest BCUT2D eigenvalue weighted by atomic mass is 16.5. The van der Waals surface area contributed by atoms with Crippen molar-refractivity contribution in [3.63, 3.8) is 0 Å². The number of carbonyl (C=O) groups is 1. The lowest BCUT2D eigenvalue weighted by atomic mass is 9.85. The Morgan fingerprint density at radius 3 is 2.71 bits per heavy atom. The summed E-state index contributed by atoms with van der Waals surface area (Å²) in [5.74, 6) is 1.38. The summed E-state index contributed by atoms with van der Waals surface area (Å²) in [6, 6.07) is 14.2. The molecule has 0 fully saturated rings. The summed E-state index contributed by atoms with van der Waals surface area (Å²) in [7, 11) is 0. The molecule has 1 aliphatic carbocycles. The average molecular weight is 420 g/mol. The van der Waals surface area contributed by atoms with E-state index < -0.39 is 5.97 Å². The molecule has 5 heteroatoms. The Labute approximate surface area is 183 Å². The molecule has 1 N–H and O–H groups in total. The molecule has 0 saturated heterocycles. The fourth-order valence-electron chi connectivity index (χ4n) is 4.51. The molecule has 31 heavy (non-hydrogen) atoms. The van der Waals surface area contributed by atoms with Gasteiger partial charge < -0.3 is 14.3 Å². The molecule has 2 aromatic carbocycles. The molecule has 0 spiro atoms. The first-order valence-electron chi connectivity index (χ1n) is 11.0. The molecule has 0 radical (unpaired) electrons. The third-order valence-corrected chi connectivity index (χ3v) is 6.27. The van der Waals surface area contributed by atoms with E-state index in [4.69, 9.17) is 9.15 Å². The molecule has 3 aromatic rings. The summed E-state index contributed by atoms with van der Waals surface area (Å²) in [4.78, 5) is 16.1. The van der Waals surface area contributed by atoms with Crippen molar-refractivity contribution in [3.05, 3.63) is 70.6 Å². The highest BCUT2D eigenvalue weighted by molar-refractivity contribution is 5.72. The normalized spacial score (nSPS) is 16.2. The predicted molar refractivity (Wildman–Crippen MR) is 120 cm³/mol. The molecule has 1 aliphatic rings. The predicted octanol–water partition coefficient (Wildman–Crippen LogP) is 5.72. The van der Waals surface area contributed by atoms with Crippen molar-refractivity contribution in [2.75, 3.05) is 6.61 Å². The zero-order valence-electron chi connectivity index (χ0n) is 18.4. The molecule has 0 aliphatic heterocycles. The summed E-state index contributed by atoms with van der Waals surface area (Å²) in [5.41, 5.74) is 5.43. The van der Waals surface area contributed by atoms with E-state index >= 15 is 0 Å². The summed E-state index contributed by atoms with van der Waals surface area (Å²) in [6.07, 6.45) is 3.09. The molecule has 1 heterocycles. The number of benzene rings is 2. The minimum Gasteiger partial charge on any atom is -0.493 e. The molecule has 5 nitrogen and oxygen atoms in total. The Hall–Kier alpha value is -3.08. The van der Waals surface area contributed by atoms with Crippen LogP contribution in [0.4, 0.5) is 0 Å². The number of aryl methyl sites for hydroxylation is 3. The Kier molecular flexibility index (Phi) is 6.12. The van der Waals surface area contributed by atoms with Crippen LogP contribution in [0.15, 0.2) is 46.9 Å². The van der Waals surface area contributed by atoms with Crippen LogP contribution >= 0.6 is 0 Å². The second-order valence-electron chi connectivity index (χ2n) is 8.35. The Morgan fingerprint density at radius 1 is 1.23 bits per heavy atom. The molecule has 0 amide bonds. The number of nitrogens with zero attached hydrogens (tertiary/aromatic N) is 1. The van der Waals surface area contributed by atoms with Crippen LogP contribution in [0.3, 0.4) is 0 Å². The van der Waals surface area contributed by atoms with Gasteiger partial charge in [-0.25, -0.2) is 4.98 Å². The van der Waals surface area contributed by atoms with Gasteiger partial charge in [0.25, 0.3) is 0 Å². The maximum Gasteiger partial charge on any atom is 0.307 e. The topological polar surface area (TPSA) is 72.6 Å². The van der Waals surface area contributed by atoms with E-state index in [-0.39, 0.29) is 11.8 Å². The van der Waals surface area contributed by atoms with Crippen LogP contribution < -0.4 is 4.74 Å². The summed E-state index contributed by atoms with van der Waals surface area (Å²) in [6.45, 7) is 6.46. The van der Waals surface area contributed by atoms with Crippen LogP contribution in [0.2, 0.25) is 0 Å². The Morgan fingerprint density at radius 2 is 2.00 bits per heavy atom. The lowest BCUT2D eigenvalue weighted by molar-refractivity contribution is -0.142. The Balaban J connectivity index is 1.39. The van der Waals surface area contributed by atoms with Crippen LogP contribution in [0.5, 0.6) is 5.75 Å². The number of hydrogen-bond acceptors (Lipinski definition) is 4. The minimum atomic E-state index is -0.701. The van der Waals surface area contributed by atoms with Gasteiger partial charge in [-0.1, -0.05) is 30.7 Å². The maximum atomic E-state index is 11.6. The summed E-state index contributed by atoms with van der Waals surface area (Å²) in [5, 5.41) is 9.51. The average Bonchev–Trinajstić information content (AvgIpc) is 3.32. The highest BCUT2D eigenvalue weighted by Crippen LogP contribution is 2.41. The zero-order valence-corrected chi connectivity index (χ0v) is 18.4. The van der Waals surface area contributed by atoms with Crippen molar-refractivity contribution >= 4 is 5.97 Å². The number of aliphatic carboxylic acids is 1. The van der Waals surface area contributed by atoms with Crippen molar-refractivity contribution in [2.45, 2.75) is 52.4 Å². The second-order valence-corrected chi connectivity index (χ2v) is 8.35. The number of aromatic nitrogens is 1. The molecule has 4 rings (SSSR count). The summed E-state index contributed by atoms with van der Waals surface area (Å²) < 4.78 is 12.0. The third kappa shape index (κ3) is 4.50. The van der Waals surface area contributed by atoms with Gasteiger partial charge in [0.15, 0.2) is 0 Å². The van der Waals surface area contributed by atoms with Gasteiger partial charge in [0.05, 0.1) is 18.2 Å². The van der Waals surface area contributed by atoms with Gasteiger partial charge in [-0.15, -0.1) is 0 Å². The first-order valence-corrected chi connectivity index (χ1v) is 11.0. The largest absolute Gasteiger partial charge is 0.493 e. The van der Waals surface area contributed by atoms with E-state index in [0.717, 1.165) is 41.2 Å². The van der Waals surface area contributed by atoms with Crippen LogP contribution in [-0.4, -0.2) is 22.7 Å². The number of carboxylic acids is 1. The molecule has 1 unspecified atom stereocenters. The molecular weight excluding hydrogens is 390 g/mol. The first-order chi connectivity index (χ1) is 15.0. The number of carboxylic acid groups (broad SMARTS) is 1. The lowest BCUT2D eigenvalue weighted by Gasteiger charge is -2.19. The molecular formula is C26H29NO4. The van der Waals surface area contributed by atoms with Gasteiger partial charge in [-0.3, -0.25) is 4.79 Å². The maximum absolute atomic E-state index is 11.6. The van der Waals surface area contributed by atoms with Crippen molar-refractivity contribution in [3.8, 4) is 17.2 Å². The van der Waals surface area contributed by atoms with Crippen molar-refractivity contribution in [1.82, 2.24) is 4.98 Å². The van der Waals surface area contributed by atoms with Gasteiger partial charge in [0.2, 0.25) is 5.89 Å². The monoisotopic (exact) mass is 419 g/mol. The van der Waals surface area contributed by atoms with Crippen LogP contribution in [-0.2, 0) is 17.6 Å². The number of fused-ring (bicyclic) bond motifs is 1. The Bertz CT molecular complexity index is 1070. The molecule has 2 atom stereocenters. The number of hydrogen-bond donors (Lipinski definition) is 1. The fraction of sp³-hybridized carbons (Fsp3) is 0.385.